The fourth-order valence-electron chi connectivity index (χ4n) is 3.20. The van der Waals surface area contributed by atoms with Crippen LogP contribution in [0.4, 0.5) is 0 Å². The Morgan fingerprint density at radius 1 is 1.13 bits per heavy atom. The van der Waals surface area contributed by atoms with E-state index in [1.807, 2.05) is 54.5 Å². The lowest BCUT2D eigenvalue weighted by molar-refractivity contribution is -0.142. The largest absolute Gasteiger partial charge is 0.493 e. The summed E-state index contributed by atoms with van der Waals surface area (Å²) in [7, 11) is 3.21. The molecule has 0 atom stereocenters. The van der Waals surface area contributed by atoms with E-state index in [4.69, 9.17) is 9.47 Å². The van der Waals surface area contributed by atoms with Crippen LogP contribution in [0.1, 0.15) is 24.3 Å². The predicted octanol–water partition coefficient (Wildman–Crippen LogP) is 4.01. The highest BCUT2D eigenvalue weighted by molar-refractivity contribution is 7.09. The van der Waals surface area contributed by atoms with Gasteiger partial charge in [0, 0.05) is 23.9 Å². The van der Waals surface area contributed by atoms with Crippen LogP contribution in [0.5, 0.6) is 11.5 Å². The molecule has 0 aliphatic rings. The Balaban J connectivity index is 2.15. The van der Waals surface area contributed by atoms with Gasteiger partial charge in [0.15, 0.2) is 11.5 Å². The molecule has 0 aliphatic heterocycles. The molecule has 0 N–H and O–H groups in total. The third-order valence-electron chi connectivity index (χ3n) is 4.88. The number of thiophene rings is 1. The zero-order valence-corrected chi connectivity index (χ0v) is 19.6. The molecule has 1 aromatic heterocycles. The van der Waals surface area contributed by atoms with Crippen molar-refractivity contribution in [3.05, 3.63) is 58.8 Å². The molecule has 168 valence electrons. The van der Waals surface area contributed by atoms with Gasteiger partial charge in [0.2, 0.25) is 11.8 Å². The Morgan fingerprint density at radius 2 is 1.87 bits per heavy atom. The summed E-state index contributed by atoms with van der Waals surface area (Å²) < 4.78 is 10.7. The molecule has 0 saturated heterocycles. The van der Waals surface area contributed by atoms with Gasteiger partial charge in [-0.15, -0.1) is 17.9 Å². The molecule has 0 bridgehead atoms. The fraction of sp³-hybridized carbons (Fsp3) is 0.417. The van der Waals surface area contributed by atoms with Crippen LogP contribution in [0.15, 0.2) is 48.4 Å². The highest BCUT2D eigenvalue weighted by Gasteiger charge is 2.22. The van der Waals surface area contributed by atoms with E-state index in [1.54, 1.807) is 36.5 Å². The maximum atomic E-state index is 13.2. The highest BCUT2D eigenvalue weighted by Crippen LogP contribution is 2.28. The van der Waals surface area contributed by atoms with Gasteiger partial charge in [-0.2, -0.15) is 0 Å². The summed E-state index contributed by atoms with van der Waals surface area (Å²) in [6, 6.07) is 9.76. The summed E-state index contributed by atoms with van der Waals surface area (Å²) >= 11 is 1.61. The Bertz CT molecular complexity index is 864. The number of methoxy groups -OCH3 is 2. The first kappa shape index (κ1) is 24.5. The van der Waals surface area contributed by atoms with Gasteiger partial charge < -0.3 is 19.3 Å². The fourth-order valence-corrected chi connectivity index (χ4v) is 3.92. The average Bonchev–Trinajstić information content (AvgIpc) is 3.28. The number of ether oxygens (including phenoxy) is 2. The first-order chi connectivity index (χ1) is 14.9. The zero-order valence-electron chi connectivity index (χ0n) is 18.8. The van der Waals surface area contributed by atoms with Gasteiger partial charge in [-0.25, -0.2) is 0 Å². The van der Waals surface area contributed by atoms with Crippen LogP contribution in [0, 0.1) is 5.92 Å². The van der Waals surface area contributed by atoms with Crippen molar-refractivity contribution in [2.75, 3.05) is 33.9 Å². The van der Waals surface area contributed by atoms with Crippen LogP contribution < -0.4 is 9.47 Å². The number of nitrogens with zero attached hydrogens (tertiary/aromatic N) is 2. The Kier molecular flexibility index (Phi) is 9.59. The molecule has 0 radical (unpaired) electrons. The zero-order chi connectivity index (χ0) is 22.8. The smallest absolute Gasteiger partial charge is 0.242 e. The van der Waals surface area contributed by atoms with Crippen molar-refractivity contribution in [1.82, 2.24) is 9.80 Å². The molecule has 2 aromatic rings. The van der Waals surface area contributed by atoms with E-state index in [2.05, 4.69) is 6.58 Å². The van der Waals surface area contributed by atoms with Gasteiger partial charge in [0.25, 0.3) is 0 Å². The summed E-state index contributed by atoms with van der Waals surface area (Å²) in [5, 5.41) is 2.00. The molecule has 2 rings (SSSR count). The van der Waals surface area contributed by atoms with Crippen LogP contribution >= 0.6 is 11.3 Å². The molecule has 2 amide bonds. The summed E-state index contributed by atoms with van der Waals surface area (Å²) in [4.78, 5) is 30.2. The third kappa shape index (κ3) is 7.14. The van der Waals surface area contributed by atoms with Gasteiger partial charge in [-0.1, -0.05) is 32.1 Å². The molecule has 0 fully saturated rings. The molecule has 0 saturated carbocycles. The normalized spacial score (nSPS) is 10.6. The van der Waals surface area contributed by atoms with E-state index in [-0.39, 0.29) is 24.3 Å². The van der Waals surface area contributed by atoms with Gasteiger partial charge in [-0.3, -0.25) is 9.59 Å². The second-order valence-corrected chi connectivity index (χ2v) is 8.53. The number of carbonyl (C=O) groups excluding carboxylic acids is 2. The quantitative estimate of drug-likeness (QED) is 0.464. The molecule has 0 spiro atoms. The SMILES string of the molecule is C=CCN(CC(=O)N(CCc1ccc(OC)c(OC)c1)Cc1cccs1)C(=O)C(C)C. The average molecular weight is 445 g/mol. The number of hydrogen-bond acceptors (Lipinski definition) is 5. The van der Waals surface area contributed by atoms with Crippen molar-refractivity contribution in [2.24, 2.45) is 5.92 Å². The Morgan fingerprint density at radius 3 is 2.45 bits per heavy atom. The second kappa shape index (κ2) is 12.2. The van der Waals surface area contributed by atoms with E-state index in [0.29, 0.717) is 37.6 Å². The second-order valence-electron chi connectivity index (χ2n) is 7.50. The van der Waals surface area contributed by atoms with Crippen molar-refractivity contribution in [3.8, 4) is 11.5 Å². The highest BCUT2D eigenvalue weighted by atomic mass is 32.1. The summed E-state index contributed by atoms with van der Waals surface area (Å²) in [6.45, 7) is 8.84. The van der Waals surface area contributed by atoms with Crippen molar-refractivity contribution in [2.45, 2.75) is 26.8 Å². The molecule has 7 heteroatoms. The number of benzene rings is 1. The molecular formula is C24H32N2O4S. The minimum atomic E-state index is -0.176. The van der Waals surface area contributed by atoms with Gasteiger partial charge in [0.05, 0.1) is 20.8 Å². The number of amides is 2. The van der Waals surface area contributed by atoms with Crippen molar-refractivity contribution >= 4 is 23.2 Å². The minimum Gasteiger partial charge on any atom is -0.493 e. The van der Waals surface area contributed by atoms with E-state index in [1.165, 1.54) is 0 Å². The molecule has 1 aromatic carbocycles. The summed E-state index contributed by atoms with van der Waals surface area (Å²) in [5.41, 5.74) is 1.04. The molecule has 0 unspecified atom stereocenters. The lowest BCUT2D eigenvalue weighted by Gasteiger charge is -2.28. The van der Waals surface area contributed by atoms with Crippen molar-refractivity contribution in [1.29, 1.82) is 0 Å². The maximum Gasteiger partial charge on any atom is 0.242 e. The standard InChI is InChI=1S/C24H32N2O4S/c1-6-12-26(24(28)18(2)3)17-23(27)25(16-20-8-7-14-31-20)13-11-19-9-10-21(29-4)22(15-19)30-5/h6-10,14-15,18H,1,11-13,16-17H2,2-5H3. The number of carbonyl (C=O) groups is 2. The Hall–Kier alpha value is -2.80. The lowest BCUT2D eigenvalue weighted by atomic mass is 10.1. The van der Waals surface area contributed by atoms with Crippen molar-refractivity contribution < 1.29 is 19.1 Å². The molecular weight excluding hydrogens is 412 g/mol. The third-order valence-corrected chi connectivity index (χ3v) is 5.74. The van der Waals surface area contributed by atoms with E-state index in [9.17, 15) is 9.59 Å². The van der Waals surface area contributed by atoms with Crippen LogP contribution in [0.2, 0.25) is 0 Å². The van der Waals surface area contributed by atoms with Gasteiger partial charge in [0.1, 0.15) is 6.54 Å². The van der Waals surface area contributed by atoms with Gasteiger partial charge >= 0.3 is 0 Å². The maximum absolute atomic E-state index is 13.2. The first-order valence-electron chi connectivity index (χ1n) is 10.3. The Labute approximate surface area is 189 Å². The van der Waals surface area contributed by atoms with E-state index >= 15 is 0 Å². The predicted molar refractivity (Wildman–Crippen MR) is 125 cm³/mol. The van der Waals surface area contributed by atoms with E-state index < -0.39 is 0 Å². The molecule has 31 heavy (non-hydrogen) atoms. The first-order valence-corrected chi connectivity index (χ1v) is 11.2. The molecule has 0 aliphatic carbocycles. The monoisotopic (exact) mass is 444 g/mol. The van der Waals surface area contributed by atoms with Crippen LogP contribution in [0.3, 0.4) is 0 Å². The topological polar surface area (TPSA) is 59.1 Å². The minimum absolute atomic E-state index is 0.0420. The number of rotatable bonds is 12. The van der Waals surface area contributed by atoms with Crippen molar-refractivity contribution in [3.63, 3.8) is 0 Å². The van der Waals surface area contributed by atoms with E-state index in [0.717, 1.165) is 10.4 Å². The van der Waals surface area contributed by atoms with Gasteiger partial charge in [-0.05, 0) is 35.6 Å². The van der Waals surface area contributed by atoms with Crippen LogP contribution in [0.25, 0.3) is 0 Å². The van der Waals surface area contributed by atoms with Crippen LogP contribution in [-0.2, 0) is 22.6 Å². The lowest BCUT2D eigenvalue weighted by Crippen LogP contribution is -2.44. The molecule has 1 heterocycles. The summed E-state index contributed by atoms with van der Waals surface area (Å²) in [5.74, 6) is 1.03. The molecule has 6 nitrogen and oxygen atoms in total. The summed E-state index contributed by atoms with van der Waals surface area (Å²) in [6.07, 6.45) is 2.32. The number of hydrogen-bond donors (Lipinski definition) is 0. The van der Waals surface area contributed by atoms with Crippen LogP contribution in [-0.4, -0.2) is 55.5 Å².